The maximum atomic E-state index is 9.80. The zero-order valence-corrected chi connectivity index (χ0v) is 10.9. The SMILES string of the molecule is CC(O)C(O)c1cccc(OCc2ccccc2)c1. The molecule has 2 N–H and O–H groups in total. The molecule has 100 valence electrons. The molecule has 0 saturated heterocycles. The fraction of sp³-hybridized carbons (Fsp3) is 0.250. The zero-order valence-electron chi connectivity index (χ0n) is 10.9. The first kappa shape index (κ1) is 13.6. The molecular weight excluding hydrogens is 240 g/mol. The minimum atomic E-state index is -0.889. The number of benzene rings is 2. The van der Waals surface area contributed by atoms with Gasteiger partial charge in [0.1, 0.15) is 18.5 Å². The lowest BCUT2D eigenvalue weighted by molar-refractivity contribution is 0.0304. The van der Waals surface area contributed by atoms with E-state index in [0.29, 0.717) is 17.9 Å². The molecule has 0 aliphatic carbocycles. The Morgan fingerprint density at radius 1 is 1.00 bits per heavy atom. The van der Waals surface area contributed by atoms with Crippen molar-refractivity contribution in [3.63, 3.8) is 0 Å². The van der Waals surface area contributed by atoms with Gasteiger partial charge in [0, 0.05) is 0 Å². The third kappa shape index (κ3) is 3.81. The van der Waals surface area contributed by atoms with E-state index in [9.17, 15) is 10.2 Å². The van der Waals surface area contributed by atoms with E-state index in [2.05, 4.69) is 0 Å². The molecule has 0 aliphatic heterocycles. The van der Waals surface area contributed by atoms with E-state index >= 15 is 0 Å². The standard InChI is InChI=1S/C16H18O3/c1-12(17)16(18)14-8-5-9-15(10-14)19-11-13-6-3-2-4-7-13/h2-10,12,16-18H,11H2,1H3. The van der Waals surface area contributed by atoms with Gasteiger partial charge >= 0.3 is 0 Å². The van der Waals surface area contributed by atoms with Crippen molar-refractivity contribution in [1.82, 2.24) is 0 Å². The van der Waals surface area contributed by atoms with E-state index in [4.69, 9.17) is 4.74 Å². The van der Waals surface area contributed by atoms with Gasteiger partial charge in [0.2, 0.25) is 0 Å². The summed E-state index contributed by atoms with van der Waals surface area (Å²) >= 11 is 0. The number of hydrogen-bond acceptors (Lipinski definition) is 3. The predicted molar refractivity (Wildman–Crippen MR) is 73.9 cm³/mol. The van der Waals surface area contributed by atoms with Crippen molar-refractivity contribution in [3.05, 3.63) is 65.7 Å². The van der Waals surface area contributed by atoms with Gasteiger partial charge in [-0.25, -0.2) is 0 Å². The second-order valence-electron chi connectivity index (χ2n) is 4.53. The molecule has 0 fully saturated rings. The van der Waals surface area contributed by atoms with Gasteiger partial charge in [-0.3, -0.25) is 0 Å². The molecule has 2 atom stereocenters. The number of rotatable bonds is 5. The molecule has 2 aromatic rings. The Morgan fingerprint density at radius 2 is 1.74 bits per heavy atom. The molecule has 0 bridgehead atoms. The maximum Gasteiger partial charge on any atom is 0.120 e. The van der Waals surface area contributed by atoms with E-state index < -0.39 is 12.2 Å². The Kier molecular flexibility index (Phi) is 4.55. The normalized spacial score (nSPS) is 13.8. The Morgan fingerprint density at radius 3 is 2.42 bits per heavy atom. The van der Waals surface area contributed by atoms with Crippen LogP contribution in [0.1, 0.15) is 24.2 Å². The summed E-state index contributed by atoms with van der Waals surface area (Å²) < 4.78 is 5.67. The average molecular weight is 258 g/mol. The lowest BCUT2D eigenvalue weighted by Gasteiger charge is -2.15. The third-order valence-electron chi connectivity index (χ3n) is 2.90. The summed E-state index contributed by atoms with van der Waals surface area (Å²) in [7, 11) is 0. The lowest BCUT2D eigenvalue weighted by atomic mass is 10.1. The molecule has 3 heteroatoms. The van der Waals surface area contributed by atoms with Crippen LogP contribution in [-0.2, 0) is 6.61 Å². The van der Waals surface area contributed by atoms with Crippen molar-refractivity contribution in [2.75, 3.05) is 0 Å². The molecule has 0 aliphatic rings. The Balaban J connectivity index is 2.03. The molecule has 0 spiro atoms. The predicted octanol–water partition coefficient (Wildman–Crippen LogP) is 2.68. The largest absolute Gasteiger partial charge is 0.489 e. The maximum absolute atomic E-state index is 9.80. The summed E-state index contributed by atoms with van der Waals surface area (Å²) in [4.78, 5) is 0. The summed E-state index contributed by atoms with van der Waals surface area (Å²) in [6, 6.07) is 17.0. The third-order valence-corrected chi connectivity index (χ3v) is 2.90. The van der Waals surface area contributed by atoms with E-state index in [1.807, 2.05) is 36.4 Å². The molecule has 2 aromatic carbocycles. The molecule has 0 amide bonds. The Labute approximate surface area is 113 Å². The Hall–Kier alpha value is -1.84. The van der Waals surface area contributed by atoms with E-state index in [0.717, 1.165) is 5.56 Å². The van der Waals surface area contributed by atoms with Gasteiger partial charge in [-0.05, 0) is 30.2 Å². The first-order valence-electron chi connectivity index (χ1n) is 6.29. The zero-order chi connectivity index (χ0) is 13.7. The summed E-state index contributed by atoms with van der Waals surface area (Å²) in [5.41, 5.74) is 1.74. The number of aliphatic hydroxyl groups excluding tert-OH is 2. The molecule has 19 heavy (non-hydrogen) atoms. The highest BCUT2D eigenvalue weighted by Gasteiger charge is 2.13. The lowest BCUT2D eigenvalue weighted by Crippen LogP contribution is -2.13. The molecule has 0 aromatic heterocycles. The molecule has 2 rings (SSSR count). The van der Waals surface area contributed by atoms with E-state index in [-0.39, 0.29) is 0 Å². The van der Waals surface area contributed by atoms with E-state index in [1.54, 1.807) is 25.1 Å². The second-order valence-corrected chi connectivity index (χ2v) is 4.53. The van der Waals surface area contributed by atoms with Gasteiger partial charge < -0.3 is 14.9 Å². The van der Waals surface area contributed by atoms with Crippen molar-refractivity contribution in [2.24, 2.45) is 0 Å². The summed E-state index contributed by atoms with van der Waals surface area (Å²) in [5, 5.41) is 19.2. The van der Waals surface area contributed by atoms with Crippen LogP contribution in [0.25, 0.3) is 0 Å². The first-order valence-corrected chi connectivity index (χ1v) is 6.29. The summed E-state index contributed by atoms with van der Waals surface area (Å²) in [6.45, 7) is 2.04. The molecule has 2 unspecified atom stereocenters. The fourth-order valence-electron chi connectivity index (χ4n) is 1.81. The van der Waals surface area contributed by atoms with Crippen molar-refractivity contribution >= 4 is 0 Å². The highest BCUT2D eigenvalue weighted by molar-refractivity contribution is 5.30. The quantitative estimate of drug-likeness (QED) is 0.867. The van der Waals surface area contributed by atoms with Crippen LogP contribution in [0.3, 0.4) is 0 Å². The van der Waals surface area contributed by atoms with Crippen LogP contribution >= 0.6 is 0 Å². The Bertz CT molecular complexity index is 508. The van der Waals surface area contributed by atoms with Crippen molar-refractivity contribution in [3.8, 4) is 5.75 Å². The van der Waals surface area contributed by atoms with Crippen LogP contribution in [-0.4, -0.2) is 16.3 Å². The topological polar surface area (TPSA) is 49.7 Å². The van der Waals surface area contributed by atoms with E-state index in [1.165, 1.54) is 0 Å². The average Bonchev–Trinajstić information content (AvgIpc) is 2.45. The van der Waals surface area contributed by atoms with Gasteiger partial charge in [0.15, 0.2) is 0 Å². The van der Waals surface area contributed by atoms with Crippen molar-refractivity contribution in [1.29, 1.82) is 0 Å². The van der Waals surface area contributed by atoms with Crippen LogP contribution in [0.2, 0.25) is 0 Å². The van der Waals surface area contributed by atoms with Crippen LogP contribution in [0, 0.1) is 0 Å². The minimum absolute atomic E-state index is 0.481. The molecule has 3 nitrogen and oxygen atoms in total. The summed E-state index contributed by atoms with van der Waals surface area (Å²) in [6.07, 6.45) is -1.69. The van der Waals surface area contributed by atoms with Crippen LogP contribution in [0.15, 0.2) is 54.6 Å². The number of hydrogen-bond donors (Lipinski definition) is 2. The number of aliphatic hydroxyl groups is 2. The summed E-state index contributed by atoms with van der Waals surface area (Å²) in [5.74, 6) is 0.682. The van der Waals surface area contributed by atoms with Gasteiger partial charge in [-0.15, -0.1) is 0 Å². The van der Waals surface area contributed by atoms with Gasteiger partial charge in [-0.1, -0.05) is 42.5 Å². The van der Waals surface area contributed by atoms with Crippen molar-refractivity contribution < 1.29 is 14.9 Å². The highest BCUT2D eigenvalue weighted by Crippen LogP contribution is 2.22. The van der Waals surface area contributed by atoms with Gasteiger partial charge in [-0.2, -0.15) is 0 Å². The van der Waals surface area contributed by atoms with Crippen LogP contribution in [0.4, 0.5) is 0 Å². The molecule has 0 radical (unpaired) electrons. The smallest absolute Gasteiger partial charge is 0.120 e. The molecule has 0 heterocycles. The minimum Gasteiger partial charge on any atom is -0.489 e. The van der Waals surface area contributed by atoms with Crippen LogP contribution in [0.5, 0.6) is 5.75 Å². The molecular formula is C16H18O3. The van der Waals surface area contributed by atoms with Gasteiger partial charge in [0.05, 0.1) is 6.10 Å². The second kappa shape index (κ2) is 6.36. The monoisotopic (exact) mass is 258 g/mol. The fourth-order valence-corrected chi connectivity index (χ4v) is 1.81. The van der Waals surface area contributed by atoms with Crippen LogP contribution < -0.4 is 4.74 Å². The van der Waals surface area contributed by atoms with Gasteiger partial charge in [0.25, 0.3) is 0 Å². The highest BCUT2D eigenvalue weighted by atomic mass is 16.5. The molecule has 0 saturated carbocycles. The first-order chi connectivity index (χ1) is 9.16. The number of ether oxygens (including phenoxy) is 1. The van der Waals surface area contributed by atoms with Crippen molar-refractivity contribution in [2.45, 2.75) is 25.7 Å².